The van der Waals surface area contributed by atoms with Gasteiger partial charge in [-0.05, 0) is 19.4 Å². The van der Waals surface area contributed by atoms with Gasteiger partial charge in [0.05, 0.1) is 11.0 Å². The largest absolute Gasteiger partial charge is 0.487 e. The zero-order valence-electron chi connectivity index (χ0n) is 11.7. The SMILES string of the molecule is CCC1(C)C(Cl)CC1Oc1cc(C)c([N+](=O)[O-])cc1F. The van der Waals surface area contributed by atoms with Crippen molar-refractivity contribution in [3.8, 4) is 5.75 Å². The molecular formula is C14H17ClFNO3. The summed E-state index contributed by atoms with van der Waals surface area (Å²) in [6, 6.07) is 2.29. The Balaban J connectivity index is 2.23. The van der Waals surface area contributed by atoms with Gasteiger partial charge in [-0.1, -0.05) is 13.8 Å². The minimum Gasteiger partial charge on any atom is -0.487 e. The van der Waals surface area contributed by atoms with Crippen LogP contribution >= 0.6 is 11.6 Å². The summed E-state index contributed by atoms with van der Waals surface area (Å²) in [6.07, 6.45) is 1.33. The monoisotopic (exact) mass is 301 g/mol. The van der Waals surface area contributed by atoms with Crippen LogP contribution in [0.5, 0.6) is 5.75 Å². The molecule has 6 heteroatoms. The number of nitrogens with zero attached hydrogens (tertiary/aromatic N) is 1. The summed E-state index contributed by atoms with van der Waals surface area (Å²) in [5.41, 5.74) is -0.0489. The van der Waals surface area contributed by atoms with Crippen LogP contribution in [0.2, 0.25) is 0 Å². The van der Waals surface area contributed by atoms with E-state index in [1.54, 1.807) is 6.92 Å². The first-order valence-electron chi connectivity index (χ1n) is 6.54. The second kappa shape index (κ2) is 5.20. The summed E-state index contributed by atoms with van der Waals surface area (Å²) in [7, 11) is 0. The van der Waals surface area contributed by atoms with Crippen LogP contribution in [0.1, 0.15) is 32.3 Å². The molecular weight excluding hydrogens is 285 g/mol. The fraction of sp³-hybridized carbons (Fsp3) is 0.571. The molecule has 0 aromatic heterocycles. The molecule has 0 saturated heterocycles. The molecule has 3 unspecified atom stereocenters. The van der Waals surface area contributed by atoms with Crippen molar-refractivity contribution in [1.82, 2.24) is 0 Å². The standard InChI is InChI=1S/C14H17ClFNO3/c1-4-14(3)12(15)7-13(14)20-11-5-8(2)10(17(18)19)6-9(11)16/h5-6,12-13H,4,7H2,1-3H3. The van der Waals surface area contributed by atoms with Gasteiger partial charge in [-0.25, -0.2) is 4.39 Å². The number of aryl methyl sites for hydroxylation is 1. The number of hydrogen-bond donors (Lipinski definition) is 0. The lowest BCUT2D eigenvalue weighted by atomic mass is 9.65. The zero-order valence-corrected chi connectivity index (χ0v) is 12.4. The lowest BCUT2D eigenvalue weighted by molar-refractivity contribution is -0.385. The fourth-order valence-corrected chi connectivity index (χ4v) is 2.94. The molecule has 2 rings (SSSR count). The van der Waals surface area contributed by atoms with Crippen LogP contribution < -0.4 is 4.74 Å². The van der Waals surface area contributed by atoms with Crippen molar-refractivity contribution < 1.29 is 14.1 Å². The number of hydrogen-bond acceptors (Lipinski definition) is 3. The summed E-state index contributed by atoms with van der Waals surface area (Å²) in [5, 5.41) is 10.8. The van der Waals surface area contributed by atoms with Gasteiger partial charge >= 0.3 is 0 Å². The van der Waals surface area contributed by atoms with E-state index in [9.17, 15) is 14.5 Å². The topological polar surface area (TPSA) is 52.4 Å². The molecule has 0 amide bonds. The normalized spacial score (nSPS) is 28.9. The van der Waals surface area contributed by atoms with Gasteiger partial charge in [0.1, 0.15) is 6.10 Å². The minimum absolute atomic E-state index is 0.0136. The Hall–Kier alpha value is -1.36. The van der Waals surface area contributed by atoms with Crippen molar-refractivity contribution in [2.24, 2.45) is 5.41 Å². The molecule has 4 nitrogen and oxygen atoms in total. The van der Waals surface area contributed by atoms with Crippen LogP contribution in [-0.4, -0.2) is 16.4 Å². The average molecular weight is 302 g/mol. The van der Waals surface area contributed by atoms with E-state index >= 15 is 0 Å². The van der Waals surface area contributed by atoms with Crippen LogP contribution in [0.4, 0.5) is 10.1 Å². The Bertz CT molecular complexity index is 551. The molecule has 0 aliphatic heterocycles. The molecule has 0 radical (unpaired) electrons. The third-order valence-electron chi connectivity index (χ3n) is 4.35. The predicted octanol–water partition coefficient (Wildman–Crippen LogP) is 4.22. The first-order valence-corrected chi connectivity index (χ1v) is 6.98. The highest BCUT2D eigenvalue weighted by Crippen LogP contribution is 2.49. The van der Waals surface area contributed by atoms with Crippen LogP contribution in [0.25, 0.3) is 0 Å². The smallest absolute Gasteiger partial charge is 0.275 e. The Morgan fingerprint density at radius 3 is 2.75 bits per heavy atom. The van der Waals surface area contributed by atoms with E-state index in [4.69, 9.17) is 16.3 Å². The average Bonchev–Trinajstić information content (AvgIpc) is 2.40. The number of alkyl halides is 1. The van der Waals surface area contributed by atoms with E-state index in [0.717, 1.165) is 12.5 Å². The van der Waals surface area contributed by atoms with E-state index in [1.165, 1.54) is 6.07 Å². The summed E-state index contributed by atoms with van der Waals surface area (Å²) in [6.45, 7) is 5.59. The van der Waals surface area contributed by atoms with Crippen LogP contribution in [0.15, 0.2) is 12.1 Å². The lowest BCUT2D eigenvalue weighted by Crippen LogP contribution is -2.55. The molecule has 1 aliphatic rings. The van der Waals surface area contributed by atoms with Crippen molar-refractivity contribution in [3.05, 3.63) is 33.6 Å². The second-order valence-electron chi connectivity index (χ2n) is 5.50. The van der Waals surface area contributed by atoms with Crippen molar-refractivity contribution in [1.29, 1.82) is 0 Å². The van der Waals surface area contributed by atoms with Crippen LogP contribution in [0.3, 0.4) is 0 Å². The summed E-state index contributed by atoms with van der Waals surface area (Å²) >= 11 is 6.19. The Labute approximate surface area is 122 Å². The predicted molar refractivity (Wildman–Crippen MR) is 74.9 cm³/mol. The quantitative estimate of drug-likeness (QED) is 0.475. The molecule has 0 spiro atoms. The molecule has 1 aromatic carbocycles. The van der Waals surface area contributed by atoms with Gasteiger partial charge < -0.3 is 4.74 Å². The Morgan fingerprint density at radius 1 is 1.60 bits per heavy atom. The van der Waals surface area contributed by atoms with Gasteiger partial charge in [-0.2, -0.15) is 0 Å². The first-order chi connectivity index (χ1) is 9.29. The molecule has 1 saturated carbocycles. The molecule has 3 atom stereocenters. The molecule has 0 heterocycles. The van der Waals surface area contributed by atoms with Crippen molar-refractivity contribution in [3.63, 3.8) is 0 Å². The third kappa shape index (κ3) is 2.35. The third-order valence-corrected chi connectivity index (χ3v) is 5.03. The second-order valence-corrected chi connectivity index (χ2v) is 6.02. The van der Waals surface area contributed by atoms with Gasteiger partial charge in [0, 0.05) is 22.8 Å². The maximum Gasteiger partial charge on any atom is 0.275 e. The maximum atomic E-state index is 13.9. The molecule has 0 bridgehead atoms. The highest BCUT2D eigenvalue weighted by atomic mass is 35.5. The van der Waals surface area contributed by atoms with E-state index in [1.807, 2.05) is 13.8 Å². The van der Waals surface area contributed by atoms with Crippen molar-refractivity contribution in [2.75, 3.05) is 0 Å². The molecule has 20 heavy (non-hydrogen) atoms. The van der Waals surface area contributed by atoms with Crippen LogP contribution in [0, 0.1) is 28.3 Å². The van der Waals surface area contributed by atoms with Crippen molar-refractivity contribution >= 4 is 17.3 Å². The number of rotatable bonds is 4. The van der Waals surface area contributed by atoms with Gasteiger partial charge in [0.15, 0.2) is 11.6 Å². The number of nitro benzene ring substituents is 1. The summed E-state index contributed by atoms with van der Waals surface area (Å²) in [5.74, 6) is -0.653. The Morgan fingerprint density at radius 2 is 2.25 bits per heavy atom. The van der Waals surface area contributed by atoms with Gasteiger partial charge in [0.25, 0.3) is 5.69 Å². The summed E-state index contributed by atoms with van der Waals surface area (Å²) in [4.78, 5) is 10.1. The van der Waals surface area contributed by atoms with E-state index in [0.29, 0.717) is 12.0 Å². The molecule has 0 N–H and O–H groups in total. The Kier molecular flexibility index (Phi) is 3.91. The zero-order chi connectivity index (χ0) is 15.1. The molecule has 110 valence electrons. The van der Waals surface area contributed by atoms with E-state index in [-0.39, 0.29) is 28.3 Å². The molecule has 1 aliphatic carbocycles. The van der Waals surface area contributed by atoms with Gasteiger partial charge in [0.2, 0.25) is 0 Å². The summed E-state index contributed by atoms with van der Waals surface area (Å²) < 4.78 is 19.6. The van der Waals surface area contributed by atoms with Gasteiger partial charge in [-0.15, -0.1) is 11.6 Å². The molecule has 1 fully saturated rings. The number of ether oxygens (including phenoxy) is 1. The minimum atomic E-state index is -0.709. The lowest BCUT2D eigenvalue weighted by Gasteiger charge is -2.50. The maximum absolute atomic E-state index is 13.9. The van der Waals surface area contributed by atoms with Gasteiger partial charge in [-0.3, -0.25) is 10.1 Å². The number of nitro groups is 1. The van der Waals surface area contributed by atoms with Crippen LogP contribution in [-0.2, 0) is 0 Å². The fourth-order valence-electron chi connectivity index (χ4n) is 2.48. The highest BCUT2D eigenvalue weighted by Gasteiger charge is 2.51. The highest BCUT2D eigenvalue weighted by molar-refractivity contribution is 6.21. The number of halogens is 2. The van der Waals surface area contributed by atoms with Crippen molar-refractivity contribution in [2.45, 2.75) is 45.1 Å². The number of benzene rings is 1. The molecule has 1 aromatic rings. The van der Waals surface area contributed by atoms with E-state index < -0.39 is 10.7 Å². The first kappa shape index (κ1) is 15.0. The van der Waals surface area contributed by atoms with E-state index in [2.05, 4.69) is 0 Å².